The van der Waals surface area contributed by atoms with Crippen LogP contribution in [0, 0.1) is 0 Å². The van der Waals surface area contributed by atoms with Gasteiger partial charge >= 0.3 is 0 Å². The lowest BCUT2D eigenvalue weighted by Crippen LogP contribution is -2.01. The standard InChI is InChI=1S/C12H15BrO3/c1-9(14)10-4-5-11(15-2)12(8-10)16-7-3-6-13/h4-5,8H,3,6-7H2,1-2H3. The van der Waals surface area contributed by atoms with Gasteiger partial charge in [0.1, 0.15) is 0 Å². The average molecular weight is 287 g/mol. The first kappa shape index (κ1) is 13.0. The third-order valence-corrected chi connectivity index (χ3v) is 2.67. The van der Waals surface area contributed by atoms with Crippen molar-refractivity contribution >= 4 is 21.7 Å². The highest BCUT2D eigenvalue weighted by Gasteiger charge is 2.07. The minimum absolute atomic E-state index is 0.0213. The second-order valence-electron chi connectivity index (χ2n) is 3.31. The first-order valence-electron chi connectivity index (χ1n) is 5.06. The van der Waals surface area contributed by atoms with Gasteiger partial charge in [-0.25, -0.2) is 0 Å². The Bertz CT molecular complexity index is 363. The van der Waals surface area contributed by atoms with E-state index in [0.29, 0.717) is 23.7 Å². The molecule has 16 heavy (non-hydrogen) atoms. The monoisotopic (exact) mass is 286 g/mol. The van der Waals surface area contributed by atoms with Gasteiger partial charge in [-0.3, -0.25) is 4.79 Å². The van der Waals surface area contributed by atoms with E-state index in [1.807, 2.05) is 0 Å². The lowest BCUT2D eigenvalue weighted by atomic mass is 10.1. The summed E-state index contributed by atoms with van der Waals surface area (Å²) < 4.78 is 10.7. The van der Waals surface area contributed by atoms with Gasteiger partial charge in [0.2, 0.25) is 0 Å². The fourth-order valence-electron chi connectivity index (χ4n) is 1.25. The van der Waals surface area contributed by atoms with Crippen molar-refractivity contribution in [2.24, 2.45) is 0 Å². The number of alkyl halides is 1. The number of methoxy groups -OCH3 is 1. The molecule has 0 aromatic heterocycles. The first-order valence-corrected chi connectivity index (χ1v) is 6.19. The van der Waals surface area contributed by atoms with Gasteiger partial charge in [0, 0.05) is 10.9 Å². The highest BCUT2D eigenvalue weighted by atomic mass is 79.9. The molecule has 1 rings (SSSR count). The van der Waals surface area contributed by atoms with Crippen LogP contribution in [0.5, 0.6) is 11.5 Å². The highest BCUT2D eigenvalue weighted by Crippen LogP contribution is 2.28. The number of ketones is 1. The number of Topliss-reactive ketones (excluding diaryl/α,β-unsaturated/α-hetero) is 1. The van der Waals surface area contributed by atoms with Crippen molar-refractivity contribution in [3.05, 3.63) is 23.8 Å². The molecule has 0 unspecified atom stereocenters. The predicted molar refractivity (Wildman–Crippen MR) is 66.9 cm³/mol. The Balaban J connectivity index is 2.84. The van der Waals surface area contributed by atoms with Crippen molar-refractivity contribution < 1.29 is 14.3 Å². The number of hydrogen-bond acceptors (Lipinski definition) is 3. The van der Waals surface area contributed by atoms with Crippen LogP contribution < -0.4 is 9.47 Å². The van der Waals surface area contributed by atoms with E-state index in [1.165, 1.54) is 6.92 Å². The average Bonchev–Trinajstić information content (AvgIpc) is 2.29. The summed E-state index contributed by atoms with van der Waals surface area (Å²) in [6.45, 7) is 2.13. The maximum absolute atomic E-state index is 11.2. The van der Waals surface area contributed by atoms with Gasteiger partial charge in [-0.05, 0) is 31.5 Å². The van der Waals surface area contributed by atoms with E-state index in [-0.39, 0.29) is 5.78 Å². The van der Waals surface area contributed by atoms with Gasteiger partial charge in [-0.2, -0.15) is 0 Å². The van der Waals surface area contributed by atoms with E-state index in [4.69, 9.17) is 9.47 Å². The van der Waals surface area contributed by atoms with E-state index < -0.39 is 0 Å². The minimum Gasteiger partial charge on any atom is -0.493 e. The Labute approximate surface area is 104 Å². The van der Waals surface area contributed by atoms with E-state index in [9.17, 15) is 4.79 Å². The van der Waals surface area contributed by atoms with E-state index >= 15 is 0 Å². The van der Waals surface area contributed by atoms with Crippen LogP contribution in [-0.2, 0) is 0 Å². The molecule has 0 saturated heterocycles. The van der Waals surface area contributed by atoms with E-state index in [2.05, 4.69) is 15.9 Å². The quantitative estimate of drug-likeness (QED) is 0.458. The number of hydrogen-bond donors (Lipinski definition) is 0. The van der Waals surface area contributed by atoms with Crippen LogP contribution in [0.2, 0.25) is 0 Å². The summed E-state index contributed by atoms with van der Waals surface area (Å²) in [7, 11) is 1.58. The van der Waals surface area contributed by atoms with Crippen LogP contribution in [-0.4, -0.2) is 24.8 Å². The molecule has 88 valence electrons. The fourth-order valence-corrected chi connectivity index (χ4v) is 1.47. The molecular formula is C12H15BrO3. The van der Waals surface area contributed by atoms with Gasteiger partial charge in [0.25, 0.3) is 0 Å². The second kappa shape index (κ2) is 6.53. The molecule has 0 aliphatic heterocycles. The van der Waals surface area contributed by atoms with E-state index in [1.54, 1.807) is 25.3 Å². The molecule has 0 bridgehead atoms. The molecule has 1 aromatic rings. The number of rotatable bonds is 6. The van der Waals surface area contributed by atoms with Crippen molar-refractivity contribution in [1.29, 1.82) is 0 Å². The van der Waals surface area contributed by atoms with E-state index in [0.717, 1.165) is 11.8 Å². The molecule has 0 radical (unpaired) electrons. The SMILES string of the molecule is COc1ccc(C(C)=O)cc1OCCCBr. The Kier molecular flexibility index (Phi) is 5.32. The largest absolute Gasteiger partial charge is 0.493 e. The molecule has 3 nitrogen and oxygen atoms in total. The summed E-state index contributed by atoms with van der Waals surface area (Å²) in [5, 5.41) is 0.891. The molecule has 4 heteroatoms. The van der Waals surface area contributed by atoms with Crippen LogP contribution in [0.4, 0.5) is 0 Å². The van der Waals surface area contributed by atoms with Crippen LogP contribution in [0.15, 0.2) is 18.2 Å². The normalized spacial score (nSPS) is 9.94. The third kappa shape index (κ3) is 3.52. The summed E-state index contributed by atoms with van der Waals surface area (Å²) in [6, 6.07) is 5.20. The lowest BCUT2D eigenvalue weighted by molar-refractivity contribution is 0.101. The summed E-state index contributed by atoms with van der Waals surface area (Å²) >= 11 is 3.33. The Morgan fingerprint density at radius 1 is 1.38 bits per heavy atom. The molecule has 0 N–H and O–H groups in total. The van der Waals surface area contributed by atoms with Gasteiger partial charge < -0.3 is 9.47 Å². The van der Waals surface area contributed by atoms with Gasteiger partial charge in [-0.15, -0.1) is 0 Å². The minimum atomic E-state index is 0.0213. The maximum atomic E-state index is 11.2. The Morgan fingerprint density at radius 2 is 2.12 bits per heavy atom. The molecule has 0 amide bonds. The van der Waals surface area contributed by atoms with Gasteiger partial charge in [0.05, 0.1) is 13.7 Å². The summed E-state index contributed by atoms with van der Waals surface area (Å²) in [4.78, 5) is 11.2. The van der Waals surface area contributed by atoms with Crippen molar-refractivity contribution in [1.82, 2.24) is 0 Å². The number of halogens is 1. The molecule has 0 aliphatic carbocycles. The molecule has 0 atom stereocenters. The number of benzene rings is 1. The zero-order chi connectivity index (χ0) is 12.0. The van der Waals surface area contributed by atoms with Crippen LogP contribution in [0.1, 0.15) is 23.7 Å². The second-order valence-corrected chi connectivity index (χ2v) is 4.11. The number of carbonyl (C=O) groups excluding carboxylic acids is 1. The fraction of sp³-hybridized carbons (Fsp3) is 0.417. The van der Waals surface area contributed by atoms with Crippen LogP contribution in [0.25, 0.3) is 0 Å². The van der Waals surface area contributed by atoms with Gasteiger partial charge in [-0.1, -0.05) is 15.9 Å². The zero-order valence-electron chi connectivity index (χ0n) is 9.46. The molecule has 0 saturated carbocycles. The highest BCUT2D eigenvalue weighted by molar-refractivity contribution is 9.09. The number of ether oxygens (including phenoxy) is 2. The van der Waals surface area contributed by atoms with Crippen molar-refractivity contribution in [3.63, 3.8) is 0 Å². The topological polar surface area (TPSA) is 35.5 Å². The predicted octanol–water partition coefficient (Wildman–Crippen LogP) is 3.06. The maximum Gasteiger partial charge on any atom is 0.161 e. The molecule has 0 fully saturated rings. The molecular weight excluding hydrogens is 272 g/mol. The van der Waals surface area contributed by atoms with Crippen molar-refractivity contribution in [2.75, 3.05) is 19.0 Å². The zero-order valence-corrected chi connectivity index (χ0v) is 11.0. The first-order chi connectivity index (χ1) is 7.69. The lowest BCUT2D eigenvalue weighted by Gasteiger charge is -2.11. The summed E-state index contributed by atoms with van der Waals surface area (Å²) in [6.07, 6.45) is 0.910. The Hall–Kier alpha value is -1.03. The molecule has 0 heterocycles. The number of carbonyl (C=O) groups is 1. The van der Waals surface area contributed by atoms with Crippen molar-refractivity contribution in [3.8, 4) is 11.5 Å². The van der Waals surface area contributed by atoms with Crippen LogP contribution >= 0.6 is 15.9 Å². The smallest absolute Gasteiger partial charge is 0.161 e. The molecule has 0 aliphatic rings. The van der Waals surface area contributed by atoms with Crippen LogP contribution in [0.3, 0.4) is 0 Å². The summed E-state index contributed by atoms with van der Waals surface area (Å²) in [5.41, 5.74) is 0.634. The third-order valence-electron chi connectivity index (χ3n) is 2.11. The summed E-state index contributed by atoms with van der Waals surface area (Å²) in [5.74, 6) is 1.30. The van der Waals surface area contributed by atoms with Gasteiger partial charge in [0.15, 0.2) is 17.3 Å². The Morgan fingerprint density at radius 3 is 2.69 bits per heavy atom. The molecule has 1 aromatic carbocycles. The molecule has 0 spiro atoms. The van der Waals surface area contributed by atoms with Crippen molar-refractivity contribution in [2.45, 2.75) is 13.3 Å².